The quantitative estimate of drug-likeness (QED) is 0.830. The summed E-state index contributed by atoms with van der Waals surface area (Å²) in [5, 5.41) is 14.5. The molecule has 1 fully saturated rings. The number of hydrogen-bond acceptors (Lipinski definition) is 3. The maximum Gasteiger partial charge on any atom is 0.138 e. The fraction of sp³-hybridized carbons (Fsp3) is 0.625. The van der Waals surface area contributed by atoms with Crippen LogP contribution in [-0.4, -0.2) is 35.7 Å². The van der Waals surface area contributed by atoms with E-state index in [1.54, 1.807) is 12.1 Å². The van der Waals surface area contributed by atoms with E-state index in [-0.39, 0.29) is 5.75 Å². The molecule has 0 bridgehead atoms. The first kappa shape index (κ1) is 16.9. The predicted molar refractivity (Wildman–Crippen MR) is 89.3 cm³/mol. The van der Waals surface area contributed by atoms with Gasteiger partial charge in [-0.05, 0) is 37.4 Å². The van der Waals surface area contributed by atoms with Gasteiger partial charge in [0.25, 0.3) is 0 Å². The van der Waals surface area contributed by atoms with Crippen molar-refractivity contribution in [2.45, 2.75) is 39.3 Å². The Morgan fingerprint density at radius 3 is 2.76 bits per heavy atom. The first-order chi connectivity index (χ1) is 9.95. The Bertz CT molecular complexity index is 474. The molecule has 3 nitrogen and oxygen atoms in total. The molecule has 1 atom stereocenters. The van der Waals surface area contributed by atoms with Crippen LogP contribution in [-0.2, 0) is 6.54 Å². The number of phenols is 1. The Morgan fingerprint density at radius 2 is 2.14 bits per heavy atom. The Kier molecular flexibility index (Phi) is 6.18. The van der Waals surface area contributed by atoms with Crippen molar-refractivity contribution in [3.8, 4) is 5.75 Å². The summed E-state index contributed by atoms with van der Waals surface area (Å²) in [4.78, 5) is 2.37. The molecule has 21 heavy (non-hydrogen) atoms. The zero-order valence-corrected chi connectivity index (χ0v) is 14.2. The molecule has 2 N–H and O–H groups in total. The number of aromatic hydroxyl groups is 1. The van der Waals surface area contributed by atoms with E-state index in [0.29, 0.717) is 28.5 Å². The molecular weight excluding hydrogens is 307 g/mol. The molecule has 0 amide bonds. The minimum absolute atomic E-state index is 0.147. The van der Waals surface area contributed by atoms with Crippen molar-refractivity contribution >= 4 is 23.2 Å². The van der Waals surface area contributed by atoms with E-state index < -0.39 is 0 Å². The number of nitrogens with zero attached hydrogens (tertiary/aromatic N) is 1. The van der Waals surface area contributed by atoms with E-state index in [9.17, 15) is 5.11 Å². The summed E-state index contributed by atoms with van der Waals surface area (Å²) in [6.45, 7) is 8.17. The molecule has 2 rings (SSSR count). The maximum absolute atomic E-state index is 10.1. The van der Waals surface area contributed by atoms with Crippen molar-refractivity contribution in [2.75, 3.05) is 19.6 Å². The number of halogens is 2. The van der Waals surface area contributed by atoms with Crippen LogP contribution in [0.3, 0.4) is 0 Å². The van der Waals surface area contributed by atoms with E-state index in [4.69, 9.17) is 23.2 Å². The summed E-state index contributed by atoms with van der Waals surface area (Å²) < 4.78 is 0. The molecular formula is C16H24Cl2N2O. The van der Waals surface area contributed by atoms with E-state index >= 15 is 0 Å². The zero-order valence-electron chi connectivity index (χ0n) is 12.7. The summed E-state index contributed by atoms with van der Waals surface area (Å²) in [7, 11) is 0. The highest BCUT2D eigenvalue weighted by molar-refractivity contribution is 6.35. The van der Waals surface area contributed by atoms with Gasteiger partial charge in [0.2, 0.25) is 0 Å². The molecule has 118 valence electrons. The van der Waals surface area contributed by atoms with E-state index in [1.165, 1.54) is 12.8 Å². The van der Waals surface area contributed by atoms with Crippen molar-refractivity contribution in [1.29, 1.82) is 0 Å². The topological polar surface area (TPSA) is 35.5 Å². The number of hydrogen-bond donors (Lipinski definition) is 2. The molecule has 1 saturated heterocycles. The second kappa shape index (κ2) is 7.68. The molecule has 0 spiro atoms. The molecule has 1 heterocycles. The van der Waals surface area contributed by atoms with Crippen LogP contribution in [0.1, 0.15) is 32.3 Å². The maximum atomic E-state index is 10.1. The number of rotatable bonds is 6. The zero-order chi connectivity index (χ0) is 15.4. The van der Waals surface area contributed by atoms with Crippen LogP contribution >= 0.6 is 23.2 Å². The van der Waals surface area contributed by atoms with Crippen molar-refractivity contribution < 1.29 is 5.11 Å². The number of phenolic OH excluding ortho intramolecular Hbond substituents is 1. The van der Waals surface area contributed by atoms with Gasteiger partial charge in [-0.15, -0.1) is 0 Å². The Labute approximate surface area is 137 Å². The third-order valence-electron chi connectivity index (χ3n) is 3.77. The Hall–Kier alpha value is -0.480. The fourth-order valence-electron chi connectivity index (χ4n) is 2.92. The van der Waals surface area contributed by atoms with Gasteiger partial charge in [0, 0.05) is 36.3 Å². The van der Waals surface area contributed by atoms with Crippen LogP contribution in [0.25, 0.3) is 0 Å². The van der Waals surface area contributed by atoms with Gasteiger partial charge in [0.15, 0.2) is 0 Å². The lowest BCUT2D eigenvalue weighted by atomic mass is 10.1. The fourth-order valence-corrected chi connectivity index (χ4v) is 3.46. The van der Waals surface area contributed by atoms with E-state index in [2.05, 4.69) is 24.1 Å². The highest BCUT2D eigenvalue weighted by atomic mass is 35.5. The molecule has 1 aliphatic rings. The second-order valence-corrected chi connectivity index (χ2v) is 7.12. The van der Waals surface area contributed by atoms with Crippen molar-refractivity contribution in [2.24, 2.45) is 5.92 Å². The Morgan fingerprint density at radius 1 is 1.38 bits per heavy atom. The SMILES string of the molecule is CC(C)CN(Cc1cc(Cl)cc(Cl)c1O)CC1CCCN1. The van der Waals surface area contributed by atoms with Gasteiger partial charge in [-0.1, -0.05) is 37.0 Å². The summed E-state index contributed by atoms with van der Waals surface area (Å²) >= 11 is 12.1. The average Bonchev–Trinajstić information content (AvgIpc) is 2.87. The standard InChI is InChI=1S/C16H24Cl2N2O/c1-11(2)8-20(10-14-4-3-5-19-14)9-12-6-13(17)7-15(18)16(12)21/h6-7,11,14,19,21H,3-5,8-10H2,1-2H3. The third-order valence-corrected chi connectivity index (χ3v) is 4.27. The minimum atomic E-state index is 0.147. The van der Waals surface area contributed by atoms with Crippen LogP contribution in [0.2, 0.25) is 10.0 Å². The van der Waals surface area contributed by atoms with Gasteiger partial charge in [0.05, 0.1) is 5.02 Å². The summed E-state index contributed by atoms with van der Waals surface area (Å²) in [5.74, 6) is 0.720. The van der Waals surface area contributed by atoms with Gasteiger partial charge < -0.3 is 10.4 Å². The van der Waals surface area contributed by atoms with Gasteiger partial charge in [-0.25, -0.2) is 0 Å². The molecule has 1 unspecified atom stereocenters. The van der Waals surface area contributed by atoms with Crippen molar-refractivity contribution in [3.05, 3.63) is 27.7 Å². The first-order valence-electron chi connectivity index (χ1n) is 7.58. The highest BCUT2D eigenvalue weighted by Crippen LogP contribution is 2.32. The van der Waals surface area contributed by atoms with Gasteiger partial charge in [-0.2, -0.15) is 0 Å². The normalized spacial score (nSPS) is 18.9. The van der Waals surface area contributed by atoms with Gasteiger partial charge >= 0.3 is 0 Å². The Balaban J connectivity index is 2.10. The molecule has 0 aromatic heterocycles. The molecule has 0 radical (unpaired) electrons. The lowest BCUT2D eigenvalue weighted by Gasteiger charge is -2.27. The van der Waals surface area contributed by atoms with Crippen LogP contribution in [0, 0.1) is 5.92 Å². The molecule has 1 aromatic carbocycles. The molecule has 1 aromatic rings. The summed E-state index contributed by atoms with van der Waals surface area (Å²) in [6, 6.07) is 3.92. The molecule has 5 heteroatoms. The molecule has 1 aliphatic heterocycles. The lowest BCUT2D eigenvalue weighted by molar-refractivity contribution is 0.214. The predicted octanol–water partition coefficient (Wildman–Crippen LogP) is 3.91. The monoisotopic (exact) mass is 330 g/mol. The van der Waals surface area contributed by atoms with Gasteiger partial charge in [0.1, 0.15) is 5.75 Å². The van der Waals surface area contributed by atoms with Crippen LogP contribution in [0.4, 0.5) is 0 Å². The average molecular weight is 331 g/mol. The van der Waals surface area contributed by atoms with E-state index in [1.807, 2.05) is 0 Å². The van der Waals surface area contributed by atoms with Crippen LogP contribution in [0.15, 0.2) is 12.1 Å². The summed E-state index contributed by atoms with van der Waals surface area (Å²) in [5.41, 5.74) is 0.797. The second-order valence-electron chi connectivity index (χ2n) is 6.28. The number of benzene rings is 1. The van der Waals surface area contributed by atoms with Crippen molar-refractivity contribution in [1.82, 2.24) is 10.2 Å². The van der Waals surface area contributed by atoms with E-state index in [0.717, 1.165) is 25.2 Å². The minimum Gasteiger partial charge on any atom is -0.506 e. The third kappa shape index (κ3) is 5.03. The molecule has 0 saturated carbocycles. The first-order valence-corrected chi connectivity index (χ1v) is 8.34. The van der Waals surface area contributed by atoms with Gasteiger partial charge in [-0.3, -0.25) is 4.90 Å². The number of nitrogens with one attached hydrogen (secondary N) is 1. The summed E-state index contributed by atoms with van der Waals surface area (Å²) in [6.07, 6.45) is 2.46. The lowest BCUT2D eigenvalue weighted by Crippen LogP contribution is -2.39. The van der Waals surface area contributed by atoms with Crippen LogP contribution in [0.5, 0.6) is 5.75 Å². The van der Waals surface area contributed by atoms with Crippen molar-refractivity contribution in [3.63, 3.8) is 0 Å². The molecule has 0 aliphatic carbocycles. The largest absolute Gasteiger partial charge is 0.506 e. The van der Waals surface area contributed by atoms with Crippen LogP contribution < -0.4 is 5.32 Å². The highest BCUT2D eigenvalue weighted by Gasteiger charge is 2.20. The smallest absolute Gasteiger partial charge is 0.138 e.